The molecule has 0 saturated heterocycles. The van der Waals surface area contributed by atoms with E-state index in [4.69, 9.17) is 11.5 Å². The second-order valence-electron chi connectivity index (χ2n) is 12.9. The minimum atomic E-state index is -4.64. The van der Waals surface area contributed by atoms with Crippen LogP contribution in [-0.4, -0.2) is 76.3 Å². The predicted molar refractivity (Wildman–Crippen MR) is 166 cm³/mol. The van der Waals surface area contributed by atoms with Crippen LogP contribution < -0.4 is 11.5 Å². The van der Waals surface area contributed by atoms with Crippen molar-refractivity contribution < 1.29 is 62.3 Å². The fourth-order valence-corrected chi connectivity index (χ4v) is 6.02. The number of hydrogen-bond acceptors (Lipinski definition) is 8. The molecule has 4 aromatic rings. The first-order valence-electron chi connectivity index (χ1n) is 16.4. The molecule has 12 nitrogen and oxygen atoms in total. The summed E-state index contributed by atoms with van der Waals surface area (Å²) in [6.07, 6.45) is -10.2. The maximum Gasteiger partial charge on any atom is 0.451 e. The highest BCUT2D eigenvalue weighted by Crippen LogP contribution is 2.31. The standard InChI is InChI=1S/2C16H15F6N5O/c2*17-10-6-12(19)11(18)4-8(10)3-9(23)5-14(28)26-1-2-27-13(7-26)24-25-15(27)16(20,21)22/h2*4,6,9H,1-3,5,7,23H2/t2*9-/m11/s1. The van der Waals surface area contributed by atoms with Crippen LogP contribution in [0.15, 0.2) is 24.3 Å². The number of rotatable bonds is 8. The molecule has 0 fully saturated rings. The summed E-state index contributed by atoms with van der Waals surface area (Å²) in [5.41, 5.74) is 11.3. The van der Waals surface area contributed by atoms with Crippen LogP contribution in [-0.2, 0) is 61.0 Å². The summed E-state index contributed by atoms with van der Waals surface area (Å²) in [6, 6.07) is 0.368. The number of carbonyl (C=O) groups is 2. The zero-order valence-corrected chi connectivity index (χ0v) is 28.6. The quantitative estimate of drug-likeness (QED) is 0.200. The van der Waals surface area contributed by atoms with Gasteiger partial charge in [-0.25, -0.2) is 26.3 Å². The topological polar surface area (TPSA) is 154 Å². The van der Waals surface area contributed by atoms with Crippen molar-refractivity contribution >= 4 is 11.8 Å². The van der Waals surface area contributed by atoms with Gasteiger partial charge in [-0.05, 0) is 36.1 Å². The Kier molecular flexibility index (Phi) is 12.3. The Bertz CT molecular complexity index is 1940. The molecule has 4 heterocycles. The number of carbonyl (C=O) groups excluding carboxylic acids is 2. The third-order valence-electron chi connectivity index (χ3n) is 8.74. The number of benzene rings is 2. The van der Waals surface area contributed by atoms with E-state index in [2.05, 4.69) is 20.4 Å². The maximum atomic E-state index is 13.7. The molecule has 0 saturated carbocycles. The molecule has 0 aliphatic carbocycles. The molecule has 0 unspecified atom stereocenters. The first-order chi connectivity index (χ1) is 26.1. The zero-order chi connectivity index (χ0) is 41.3. The number of fused-ring (bicyclic) bond motifs is 2. The van der Waals surface area contributed by atoms with Crippen molar-refractivity contribution in [2.24, 2.45) is 11.5 Å². The van der Waals surface area contributed by atoms with Crippen LogP contribution in [0.5, 0.6) is 0 Å². The molecule has 0 spiro atoms. The molecule has 2 atom stereocenters. The Labute approximate surface area is 308 Å². The van der Waals surface area contributed by atoms with Gasteiger partial charge in [-0.2, -0.15) is 26.3 Å². The van der Waals surface area contributed by atoms with Gasteiger partial charge >= 0.3 is 12.4 Å². The maximum absolute atomic E-state index is 13.7. The molecule has 56 heavy (non-hydrogen) atoms. The van der Waals surface area contributed by atoms with Gasteiger partial charge in [-0.3, -0.25) is 9.59 Å². The van der Waals surface area contributed by atoms with Crippen LogP contribution in [0.25, 0.3) is 0 Å². The van der Waals surface area contributed by atoms with Gasteiger partial charge in [-0.1, -0.05) is 0 Å². The summed E-state index contributed by atoms with van der Waals surface area (Å²) in [7, 11) is 0. The van der Waals surface area contributed by atoms with E-state index in [-0.39, 0.29) is 87.7 Å². The largest absolute Gasteiger partial charge is 0.451 e. The first kappa shape index (κ1) is 41.9. The van der Waals surface area contributed by atoms with E-state index in [1.54, 1.807) is 0 Å². The van der Waals surface area contributed by atoms with Gasteiger partial charge in [0.25, 0.3) is 0 Å². The number of aromatic nitrogens is 6. The van der Waals surface area contributed by atoms with Crippen molar-refractivity contribution in [2.75, 3.05) is 13.1 Å². The SMILES string of the molecule is N[C@@H](CC(=O)N1CCn2c(nnc2C(F)(F)F)C1)Cc1cc(F)c(F)cc1F.N[C@@H](CC(=O)N1CCn2c(nnc2C(F)(F)F)C1)Cc1cc(F)c(F)cc1F. The summed E-state index contributed by atoms with van der Waals surface area (Å²) in [6.45, 7) is -0.604. The molecular weight excluding hydrogens is 784 g/mol. The van der Waals surface area contributed by atoms with Gasteiger partial charge in [0.1, 0.15) is 11.6 Å². The molecule has 2 aromatic carbocycles. The molecule has 2 amide bonds. The van der Waals surface area contributed by atoms with Crippen LogP contribution in [0.4, 0.5) is 52.7 Å². The lowest BCUT2D eigenvalue weighted by Crippen LogP contribution is -2.42. The lowest BCUT2D eigenvalue weighted by atomic mass is 10.0. The monoisotopic (exact) mass is 814 g/mol. The normalized spacial score (nSPS) is 15.5. The van der Waals surface area contributed by atoms with E-state index < -0.39 is 82.8 Å². The number of halogens is 12. The summed E-state index contributed by atoms with van der Waals surface area (Å²) in [5.74, 6) is -10.3. The average molecular weight is 815 g/mol. The second kappa shape index (κ2) is 16.5. The Morgan fingerprint density at radius 3 is 1.23 bits per heavy atom. The summed E-state index contributed by atoms with van der Waals surface area (Å²) in [4.78, 5) is 27.3. The Hall–Kier alpha value is -5.26. The van der Waals surface area contributed by atoms with Crippen LogP contribution in [0.2, 0.25) is 0 Å². The number of nitrogens with zero attached hydrogens (tertiary/aromatic N) is 8. The molecule has 2 aromatic heterocycles. The van der Waals surface area contributed by atoms with E-state index in [1.165, 1.54) is 9.80 Å². The van der Waals surface area contributed by atoms with Gasteiger partial charge in [0.15, 0.2) is 34.9 Å². The lowest BCUT2D eigenvalue weighted by Gasteiger charge is -2.29. The van der Waals surface area contributed by atoms with Gasteiger partial charge in [-0.15, -0.1) is 20.4 Å². The van der Waals surface area contributed by atoms with Crippen molar-refractivity contribution in [2.45, 2.75) is 76.3 Å². The zero-order valence-electron chi connectivity index (χ0n) is 28.6. The highest BCUT2D eigenvalue weighted by molar-refractivity contribution is 5.77. The molecule has 304 valence electrons. The highest BCUT2D eigenvalue weighted by Gasteiger charge is 2.41. The van der Waals surface area contributed by atoms with Crippen molar-refractivity contribution in [3.05, 3.63) is 93.6 Å². The predicted octanol–water partition coefficient (Wildman–Crippen LogP) is 4.03. The lowest BCUT2D eigenvalue weighted by molar-refractivity contribution is -0.149. The Balaban J connectivity index is 0.000000214. The van der Waals surface area contributed by atoms with E-state index >= 15 is 0 Å². The summed E-state index contributed by atoms with van der Waals surface area (Å²) in [5, 5.41) is 13.2. The third kappa shape index (κ3) is 9.75. The van der Waals surface area contributed by atoms with Gasteiger partial charge in [0, 0.05) is 63.2 Å². The molecule has 6 rings (SSSR count). The van der Waals surface area contributed by atoms with E-state index in [0.717, 1.165) is 9.13 Å². The molecule has 0 bridgehead atoms. The molecular formula is C32H30F12N10O2. The van der Waals surface area contributed by atoms with Crippen LogP contribution in [0, 0.1) is 34.9 Å². The molecule has 24 heteroatoms. The number of alkyl halides is 6. The minimum Gasteiger partial charge on any atom is -0.333 e. The molecule has 4 N–H and O–H groups in total. The molecule has 2 aliphatic rings. The van der Waals surface area contributed by atoms with Crippen LogP contribution >= 0.6 is 0 Å². The second-order valence-corrected chi connectivity index (χ2v) is 12.9. The fourth-order valence-electron chi connectivity index (χ4n) is 6.02. The van der Waals surface area contributed by atoms with Crippen LogP contribution in [0.3, 0.4) is 0 Å². The van der Waals surface area contributed by atoms with Gasteiger partial charge in [0.05, 0.1) is 13.1 Å². The van der Waals surface area contributed by atoms with Gasteiger partial charge in [0.2, 0.25) is 23.5 Å². The summed E-state index contributed by atoms with van der Waals surface area (Å²) >= 11 is 0. The van der Waals surface area contributed by atoms with Gasteiger partial charge < -0.3 is 30.4 Å². The van der Waals surface area contributed by atoms with Crippen molar-refractivity contribution in [3.63, 3.8) is 0 Å². The third-order valence-corrected chi connectivity index (χ3v) is 8.74. The number of nitrogens with two attached hydrogens (primary N) is 2. The van der Waals surface area contributed by atoms with E-state index in [0.29, 0.717) is 24.3 Å². The van der Waals surface area contributed by atoms with Crippen molar-refractivity contribution in [1.29, 1.82) is 0 Å². The Morgan fingerprint density at radius 1 is 0.554 bits per heavy atom. The molecule has 2 aliphatic heterocycles. The van der Waals surface area contributed by atoms with Crippen molar-refractivity contribution in [1.82, 2.24) is 39.3 Å². The summed E-state index contributed by atoms with van der Waals surface area (Å²) < 4.78 is 159. The highest BCUT2D eigenvalue weighted by atomic mass is 19.4. The first-order valence-corrected chi connectivity index (χ1v) is 16.4. The van der Waals surface area contributed by atoms with Crippen LogP contribution in [0.1, 0.15) is 47.3 Å². The minimum absolute atomic E-state index is 0.000783. The fraction of sp³-hybridized carbons (Fsp3) is 0.438. The number of amides is 2. The van der Waals surface area contributed by atoms with Crippen molar-refractivity contribution in [3.8, 4) is 0 Å². The van der Waals surface area contributed by atoms with E-state index in [9.17, 15) is 62.3 Å². The smallest absolute Gasteiger partial charge is 0.333 e. The number of hydrogen-bond donors (Lipinski definition) is 2. The molecule has 0 radical (unpaired) electrons. The van der Waals surface area contributed by atoms with E-state index in [1.807, 2.05) is 0 Å². The average Bonchev–Trinajstić information content (AvgIpc) is 3.74. The Morgan fingerprint density at radius 2 is 0.893 bits per heavy atom.